The van der Waals surface area contributed by atoms with Crippen molar-refractivity contribution >= 4 is 17.7 Å². The van der Waals surface area contributed by atoms with Crippen LogP contribution < -0.4 is 5.32 Å². The predicted octanol–water partition coefficient (Wildman–Crippen LogP) is 2.08. The van der Waals surface area contributed by atoms with Gasteiger partial charge in [0.05, 0.1) is 12.7 Å². The molecule has 0 radical (unpaired) electrons. The quantitative estimate of drug-likeness (QED) is 0.817. The van der Waals surface area contributed by atoms with Gasteiger partial charge in [0.15, 0.2) is 0 Å². The fourth-order valence-electron chi connectivity index (χ4n) is 3.22. The first-order valence-corrected chi connectivity index (χ1v) is 8.20. The fraction of sp³-hybridized carbons (Fsp3) is 0.923. The molecule has 0 aromatic carbocycles. The molecule has 0 aromatic heterocycles. The lowest BCUT2D eigenvalue weighted by atomic mass is 10.0. The van der Waals surface area contributed by atoms with Crippen molar-refractivity contribution < 1.29 is 4.79 Å². The summed E-state index contributed by atoms with van der Waals surface area (Å²) in [5.41, 5.74) is 0. The van der Waals surface area contributed by atoms with Crippen molar-refractivity contribution in [3.8, 4) is 0 Å². The van der Waals surface area contributed by atoms with Crippen molar-refractivity contribution in [2.75, 3.05) is 18.6 Å². The number of hydrogen-bond donors (Lipinski definition) is 1. The number of rotatable bonds is 5. The largest absolute Gasteiger partial charge is 0.322 e. The lowest BCUT2D eigenvalue weighted by Gasteiger charge is -2.35. The molecule has 2 unspecified atom stereocenters. The first-order valence-electron chi connectivity index (χ1n) is 6.81. The SMILES string of the molecule is CCC(CSC)N1C(=O)CNC1C1CCCC1. The number of carbonyl (C=O) groups is 1. The van der Waals surface area contributed by atoms with E-state index in [1.54, 1.807) is 0 Å². The van der Waals surface area contributed by atoms with E-state index in [1.165, 1.54) is 25.7 Å². The Kier molecular flexibility index (Phi) is 4.74. The highest BCUT2D eigenvalue weighted by atomic mass is 32.2. The molecule has 17 heavy (non-hydrogen) atoms. The molecule has 1 aliphatic carbocycles. The Morgan fingerprint density at radius 2 is 2.18 bits per heavy atom. The van der Waals surface area contributed by atoms with E-state index in [2.05, 4.69) is 23.4 Å². The molecule has 2 fully saturated rings. The van der Waals surface area contributed by atoms with E-state index in [0.717, 1.165) is 12.2 Å². The molecule has 1 aliphatic heterocycles. The Bertz CT molecular complexity index is 266. The lowest BCUT2D eigenvalue weighted by molar-refractivity contribution is -0.130. The van der Waals surface area contributed by atoms with Crippen molar-refractivity contribution in [1.29, 1.82) is 0 Å². The molecular formula is C13H24N2OS. The summed E-state index contributed by atoms with van der Waals surface area (Å²) in [6.45, 7) is 2.74. The lowest BCUT2D eigenvalue weighted by Crippen LogP contribution is -2.48. The third-order valence-corrected chi connectivity index (χ3v) is 4.84. The molecule has 2 aliphatic rings. The summed E-state index contributed by atoms with van der Waals surface area (Å²) in [4.78, 5) is 14.2. The summed E-state index contributed by atoms with van der Waals surface area (Å²) in [6, 6.07) is 0.415. The minimum absolute atomic E-state index is 0.308. The van der Waals surface area contributed by atoms with Gasteiger partial charge in [-0.2, -0.15) is 11.8 Å². The average Bonchev–Trinajstić information content (AvgIpc) is 2.95. The Balaban J connectivity index is 2.06. The second-order valence-corrected chi connectivity index (χ2v) is 6.10. The van der Waals surface area contributed by atoms with Crippen LogP contribution in [0.5, 0.6) is 0 Å². The average molecular weight is 256 g/mol. The minimum Gasteiger partial charge on any atom is -0.322 e. The van der Waals surface area contributed by atoms with Gasteiger partial charge in [-0.15, -0.1) is 0 Å². The monoisotopic (exact) mass is 256 g/mol. The van der Waals surface area contributed by atoms with Crippen molar-refractivity contribution in [2.24, 2.45) is 5.92 Å². The van der Waals surface area contributed by atoms with E-state index in [9.17, 15) is 4.79 Å². The second-order valence-electron chi connectivity index (χ2n) is 5.19. The van der Waals surface area contributed by atoms with Gasteiger partial charge in [0.1, 0.15) is 0 Å². The van der Waals surface area contributed by atoms with Gasteiger partial charge < -0.3 is 4.90 Å². The van der Waals surface area contributed by atoms with Gasteiger partial charge in [0.2, 0.25) is 5.91 Å². The molecule has 1 saturated heterocycles. The molecule has 0 aromatic rings. The molecule has 2 atom stereocenters. The highest BCUT2D eigenvalue weighted by Crippen LogP contribution is 2.32. The van der Waals surface area contributed by atoms with Crippen LogP contribution >= 0.6 is 11.8 Å². The van der Waals surface area contributed by atoms with Gasteiger partial charge in [-0.3, -0.25) is 10.1 Å². The number of carbonyl (C=O) groups excluding carboxylic acids is 1. The van der Waals surface area contributed by atoms with Crippen LogP contribution in [0.1, 0.15) is 39.0 Å². The van der Waals surface area contributed by atoms with Crippen molar-refractivity contribution in [3.05, 3.63) is 0 Å². The van der Waals surface area contributed by atoms with Crippen LogP contribution in [-0.2, 0) is 4.79 Å². The van der Waals surface area contributed by atoms with Crippen LogP contribution in [-0.4, -0.2) is 41.6 Å². The molecule has 4 heteroatoms. The zero-order valence-corrected chi connectivity index (χ0v) is 11.8. The van der Waals surface area contributed by atoms with Crippen molar-refractivity contribution in [2.45, 2.75) is 51.2 Å². The van der Waals surface area contributed by atoms with Crippen LogP contribution in [0.4, 0.5) is 0 Å². The van der Waals surface area contributed by atoms with Crippen molar-refractivity contribution in [3.63, 3.8) is 0 Å². The van der Waals surface area contributed by atoms with E-state index in [-0.39, 0.29) is 0 Å². The zero-order chi connectivity index (χ0) is 12.3. The molecule has 0 bridgehead atoms. The van der Waals surface area contributed by atoms with Gasteiger partial charge in [-0.1, -0.05) is 19.8 Å². The molecule has 0 spiro atoms. The summed E-state index contributed by atoms with van der Waals surface area (Å²) in [6.07, 6.45) is 8.77. The third-order valence-electron chi connectivity index (χ3n) is 4.12. The molecule has 1 N–H and O–H groups in total. The second kappa shape index (κ2) is 6.10. The van der Waals surface area contributed by atoms with Crippen LogP contribution in [0, 0.1) is 5.92 Å². The zero-order valence-electron chi connectivity index (χ0n) is 10.9. The third kappa shape index (κ3) is 2.79. The maximum Gasteiger partial charge on any atom is 0.238 e. The van der Waals surface area contributed by atoms with Gasteiger partial charge in [0, 0.05) is 11.8 Å². The normalized spacial score (nSPS) is 28.0. The Hall–Kier alpha value is -0.220. The smallest absolute Gasteiger partial charge is 0.238 e. The highest BCUT2D eigenvalue weighted by Gasteiger charge is 2.40. The molecule has 3 nitrogen and oxygen atoms in total. The van der Waals surface area contributed by atoms with Gasteiger partial charge in [0.25, 0.3) is 0 Å². The van der Waals surface area contributed by atoms with Crippen LogP contribution in [0.15, 0.2) is 0 Å². The first-order chi connectivity index (χ1) is 8.27. The Labute approximate surface area is 109 Å². The maximum absolute atomic E-state index is 12.1. The Morgan fingerprint density at radius 3 is 2.76 bits per heavy atom. The maximum atomic E-state index is 12.1. The summed E-state index contributed by atoms with van der Waals surface area (Å²) in [5, 5.41) is 3.44. The van der Waals surface area contributed by atoms with Gasteiger partial charge in [-0.25, -0.2) is 0 Å². The van der Waals surface area contributed by atoms with E-state index in [4.69, 9.17) is 0 Å². The molecule has 1 saturated carbocycles. The predicted molar refractivity (Wildman–Crippen MR) is 73.1 cm³/mol. The van der Waals surface area contributed by atoms with Crippen LogP contribution in [0.3, 0.4) is 0 Å². The Morgan fingerprint density at radius 1 is 1.47 bits per heavy atom. The summed E-state index contributed by atoms with van der Waals surface area (Å²) >= 11 is 1.85. The summed E-state index contributed by atoms with van der Waals surface area (Å²) in [7, 11) is 0. The number of nitrogens with zero attached hydrogens (tertiary/aromatic N) is 1. The number of nitrogens with one attached hydrogen (secondary N) is 1. The molecular weight excluding hydrogens is 232 g/mol. The summed E-state index contributed by atoms with van der Waals surface area (Å²) < 4.78 is 0. The first kappa shape index (κ1) is 13.2. The molecule has 1 heterocycles. The van der Waals surface area contributed by atoms with E-state index < -0.39 is 0 Å². The van der Waals surface area contributed by atoms with Gasteiger partial charge in [-0.05, 0) is 31.4 Å². The van der Waals surface area contributed by atoms with Crippen molar-refractivity contribution in [1.82, 2.24) is 10.2 Å². The van der Waals surface area contributed by atoms with E-state index in [1.807, 2.05) is 11.8 Å². The van der Waals surface area contributed by atoms with Crippen LogP contribution in [0.2, 0.25) is 0 Å². The van der Waals surface area contributed by atoms with Gasteiger partial charge >= 0.3 is 0 Å². The number of hydrogen-bond acceptors (Lipinski definition) is 3. The summed E-state index contributed by atoms with van der Waals surface area (Å²) in [5.74, 6) is 2.06. The molecule has 98 valence electrons. The highest BCUT2D eigenvalue weighted by molar-refractivity contribution is 7.98. The van der Waals surface area contributed by atoms with E-state index in [0.29, 0.717) is 30.6 Å². The fourth-order valence-corrected chi connectivity index (χ4v) is 4.00. The van der Waals surface area contributed by atoms with Crippen LogP contribution in [0.25, 0.3) is 0 Å². The standard InChI is InChI=1S/C13H24N2OS/c1-3-11(9-17-2)15-12(16)8-14-13(15)10-6-4-5-7-10/h10-11,13-14H,3-9H2,1-2H3. The minimum atomic E-state index is 0.308. The molecule has 1 amide bonds. The number of amides is 1. The topological polar surface area (TPSA) is 32.3 Å². The van der Waals surface area contributed by atoms with E-state index >= 15 is 0 Å². The molecule has 2 rings (SSSR count). The number of thioether (sulfide) groups is 1.